The van der Waals surface area contributed by atoms with Gasteiger partial charge in [-0.25, -0.2) is 0 Å². The maximum absolute atomic E-state index is 11.5. The van der Waals surface area contributed by atoms with Crippen LogP contribution in [0.3, 0.4) is 0 Å². The molecule has 0 unspecified atom stereocenters. The van der Waals surface area contributed by atoms with Crippen LogP contribution in [0.25, 0.3) is 0 Å². The number of nitrogens with one attached hydrogen (secondary N) is 2. The lowest BCUT2D eigenvalue weighted by molar-refractivity contribution is -0.120. The first-order chi connectivity index (χ1) is 7.83. The molecule has 94 valence electrons. The van der Waals surface area contributed by atoms with Crippen LogP contribution in [0.1, 0.15) is 44.9 Å². The third-order valence-corrected chi connectivity index (χ3v) is 3.02. The molecule has 1 rings (SSSR count). The second kappa shape index (κ2) is 8.53. The predicted octanol–water partition coefficient (Wildman–Crippen LogP) is 0.797. The highest BCUT2D eigenvalue weighted by molar-refractivity contribution is 5.78. The molecule has 0 atom stereocenters. The topological polar surface area (TPSA) is 61.4 Å². The molecule has 1 aliphatic carbocycles. The molecule has 0 bridgehead atoms. The molecule has 1 fully saturated rings. The Balaban J connectivity index is 1.89. The van der Waals surface area contributed by atoms with Crippen molar-refractivity contribution in [2.24, 2.45) is 0 Å². The van der Waals surface area contributed by atoms with Crippen LogP contribution >= 0.6 is 0 Å². The average molecular weight is 228 g/mol. The van der Waals surface area contributed by atoms with Crippen molar-refractivity contribution in [3.63, 3.8) is 0 Å². The number of rotatable bonds is 8. The number of aliphatic hydroxyl groups excluding tert-OH is 1. The van der Waals surface area contributed by atoms with Gasteiger partial charge in [0.2, 0.25) is 5.91 Å². The number of carbonyl (C=O) groups excluding carboxylic acids is 1. The highest BCUT2D eigenvalue weighted by Gasteiger charge is 2.16. The van der Waals surface area contributed by atoms with Gasteiger partial charge in [-0.3, -0.25) is 4.79 Å². The van der Waals surface area contributed by atoms with Crippen LogP contribution in [0, 0.1) is 0 Å². The fourth-order valence-corrected chi connectivity index (χ4v) is 2.09. The molecule has 0 aromatic heterocycles. The zero-order chi connectivity index (χ0) is 11.6. The Morgan fingerprint density at radius 3 is 2.62 bits per heavy atom. The van der Waals surface area contributed by atoms with Gasteiger partial charge in [-0.15, -0.1) is 0 Å². The molecule has 0 aromatic rings. The lowest BCUT2D eigenvalue weighted by Gasteiger charge is -2.12. The van der Waals surface area contributed by atoms with Crippen LogP contribution in [0.5, 0.6) is 0 Å². The van der Waals surface area contributed by atoms with E-state index >= 15 is 0 Å². The Kier molecular flexibility index (Phi) is 7.17. The second-order valence-corrected chi connectivity index (χ2v) is 4.51. The first kappa shape index (κ1) is 13.5. The second-order valence-electron chi connectivity index (χ2n) is 4.51. The van der Waals surface area contributed by atoms with Crippen LogP contribution in [-0.4, -0.2) is 36.8 Å². The summed E-state index contributed by atoms with van der Waals surface area (Å²) < 4.78 is 0. The van der Waals surface area contributed by atoms with Crippen LogP contribution in [0.2, 0.25) is 0 Å². The molecule has 4 heteroatoms. The molecule has 1 amide bonds. The zero-order valence-corrected chi connectivity index (χ0v) is 10.0. The minimum atomic E-state index is 0.119. The fraction of sp³-hybridized carbons (Fsp3) is 0.917. The van der Waals surface area contributed by atoms with E-state index in [0.717, 1.165) is 38.6 Å². The molecule has 16 heavy (non-hydrogen) atoms. The minimum absolute atomic E-state index is 0.119. The van der Waals surface area contributed by atoms with Crippen molar-refractivity contribution >= 4 is 5.91 Å². The van der Waals surface area contributed by atoms with E-state index in [1.807, 2.05) is 0 Å². The van der Waals surface area contributed by atoms with Crippen LogP contribution in [-0.2, 0) is 4.79 Å². The zero-order valence-electron chi connectivity index (χ0n) is 10.0. The van der Waals surface area contributed by atoms with E-state index in [9.17, 15) is 4.79 Å². The molecule has 0 saturated heterocycles. The maximum Gasteiger partial charge on any atom is 0.234 e. The Hall–Kier alpha value is -0.610. The van der Waals surface area contributed by atoms with Crippen molar-refractivity contribution in [1.82, 2.24) is 10.6 Å². The molecular weight excluding hydrogens is 204 g/mol. The van der Waals surface area contributed by atoms with E-state index in [0.29, 0.717) is 12.6 Å². The molecule has 4 nitrogen and oxygen atoms in total. The third kappa shape index (κ3) is 6.08. The highest BCUT2D eigenvalue weighted by Crippen LogP contribution is 2.17. The lowest BCUT2D eigenvalue weighted by Crippen LogP contribution is -2.39. The van der Waals surface area contributed by atoms with E-state index in [1.165, 1.54) is 12.8 Å². The molecule has 1 aliphatic rings. The van der Waals surface area contributed by atoms with Gasteiger partial charge in [-0.2, -0.15) is 0 Å². The van der Waals surface area contributed by atoms with E-state index in [2.05, 4.69) is 10.6 Å². The van der Waals surface area contributed by atoms with Gasteiger partial charge in [0.15, 0.2) is 0 Å². The van der Waals surface area contributed by atoms with Crippen molar-refractivity contribution in [2.75, 3.05) is 19.7 Å². The van der Waals surface area contributed by atoms with Gasteiger partial charge < -0.3 is 15.7 Å². The number of carbonyl (C=O) groups is 1. The summed E-state index contributed by atoms with van der Waals surface area (Å²) >= 11 is 0. The van der Waals surface area contributed by atoms with Gasteiger partial charge >= 0.3 is 0 Å². The van der Waals surface area contributed by atoms with Crippen molar-refractivity contribution in [3.8, 4) is 0 Å². The number of hydrogen-bond acceptors (Lipinski definition) is 3. The van der Waals surface area contributed by atoms with E-state index < -0.39 is 0 Å². The number of hydrogen-bond donors (Lipinski definition) is 3. The summed E-state index contributed by atoms with van der Waals surface area (Å²) in [5.74, 6) is 0.119. The summed E-state index contributed by atoms with van der Waals surface area (Å²) in [5.41, 5.74) is 0. The maximum atomic E-state index is 11.5. The molecule has 1 saturated carbocycles. The first-order valence-electron chi connectivity index (χ1n) is 6.44. The normalized spacial score (nSPS) is 16.6. The van der Waals surface area contributed by atoms with Crippen molar-refractivity contribution in [1.29, 1.82) is 0 Å². The van der Waals surface area contributed by atoms with Gasteiger partial charge in [-0.1, -0.05) is 12.8 Å². The fourth-order valence-electron chi connectivity index (χ4n) is 2.09. The predicted molar refractivity (Wildman–Crippen MR) is 64.2 cm³/mol. The van der Waals surface area contributed by atoms with Gasteiger partial charge in [0, 0.05) is 12.6 Å². The van der Waals surface area contributed by atoms with Gasteiger partial charge in [0.05, 0.1) is 6.54 Å². The highest BCUT2D eigenvalue weighted by atomic mass is 16.2. The summed E-state index contributed by atoms with van der Waals surface area (Å²) in [6.07, 6.45) is 7.69. The molecule has 0 radical (unpaired) electrons. The quantitative estimate of drug-likeness (QED) is 0.538. The Morgan fingerprint density at radius 1 is 1.19 bits per heavy atom. The van der Waals surface area contributed by atoms with Crippen LogP contribution in [0.15, 0.2) is 0 Å². The van der Waals surface area contributed by atoms with E-state index in [1.54, 1.807) is 0 Å². The van der Waals surface area contributed by atoms with Crippen LogP contribution in [0.4, 0.5) is 0 Å². The van der Waals surface area contributed by atoms with Crippen molar-refractivity contribution < 1.29 is 9.90 Å². The van der Waals surface area contributed by atoms with Gasteiger partial charge in [0.25, 0.3) is 0 Å². The monoisotopic (exact) mass is 228 g/mol. The summed E-state index contributed by atoms with van der Waals surface area (Å²) in [6, 6.07) is 0.420. The standard InChI is InChI=1S/C12H24N2O2/c15-9-5-1-4-8-13-10-12(16)14-11-6-2-3-7-11/h11,13,15H,1-10H2,(H,14,16). The molecule has 0 aromatic carbocycles. The lowest BCUT2D eigenvalue weighted by atomic mass is 10.2. The van der Waals surface area contributed by atoms with E-state index in [-0.39, 0.29) is 12.5 Å². The van der Waals surface area contributed by atoms with Crippen LogP contribution < -0.4 is 10.6 Å². The minimum Gasteiger partial charge on any atom is -0.396 e. The number of amides is 1. The number of unbranched alkanes of at least 4 members (excludes halogenated alkanes) is 2. The summed E-state index contributed by atoms with van der Waals surface area (Å²) in [6.45, 7) is 1.55. The first-order valence-corrected chi connectivity index (χ1v) is 6.44. The summed E-state index contributed by atoms with van der Waals surface area (Å²) in [7, 11) is 0. The molecule has 0 spiro atoms. The third-order valence-electron chi connectivity index (χ3n) is 3.02. The molecule has 0 heterocycles. The Bertz CT molecular complexity index is 191. The summed E-state index contributed by atoms with van der Waals surface area (Å²) in [5, 5.41) is 14.7. The molecule has 3 N–H and O–H groups in total. The molecule has 0 aliphatic heterocycles. The SMILES string of the molecule is O=C(CNCCCCCO)NC1CCCC1. The largest absolute Gasteiger partial charge is 0.396 e. The molecular formula is C12H24N2O2. The average Bonchev–Trinajstić information content (AvgIpc) is 2.76. The Morgan fingerprint density at radius 2 is 1.94 bits per heavy atom. The van der Waals surface area contributed by atoms with E-state index in [4.69, 9.17) is 5.11 Å². The van der Waals surface area contributed by atoms with Gasteiger partial charge in [-0.05, 0) is 38.6 Å². The van der Waals surface area contributed by atoms with Crippen molar-refractivity contribution in [3.05, 3.63) is 0 Å². The van der Waals surface area contributed by atoms with Gasteiger partial charge in [0.1, 0.15) is 0 Å². The smallest absolute Gasteiger partial charge is 0.234 e. The van der Waals surface area contributed by atoms with Crippen molar-refractivity contribution in [2.45, 2.75) is 51.0 Å². The number of aliphatic hydroxyl groups is 1. The Labute approximate surface area is 97.8 Å². The summed E-state index contributed by atoms with van der Waals surface area (Å²) in [4.78, 5) is 11.5.